The first-order valence-electron chi connectivity index (χ1n) is 12.4. The lowest BCUT2D eigenvalue weighted by atomic mass is 9.82. The zero-order valence-corrected chi connectivity index (χ0v) is 21.6. The van der Waals surface area contributed by atoms with E-state index in [4.69, 9.17) is 10.1 Å². The molecule has 0 aliphatic heterocycles. The SMILES string of the molecule is CS(=O)(=O)NCc1ccc(-c2cc(C(=O)NCC3CCC(CNC(=O)O)CC3)c3ccccc3n2)cc1. The highest BCUT2D eigenvalue weighted by molar-refractivity contribution is 7.88. The molecule has 1 saturated carbocycles. The number of carbonyl (C=O) groups is 2. The van der Waals surface area contributed by atoms with E-state index >= 15 is 0 Å². The lowest BCUT2D eigenvalue weighted by molar-refractivity contribution is 0.0942. The minimum atomic E-state index is -3.28. The molecule has 2 amide bonds. The van der Waals surface area contributed by atoms with Crippen LogP contribution in [0.3, 0.4) is 0 Å². The third-order valence-electron chi connectivity index (χ3n) is 6.81. The van der Waals surface area contributed by atoms with Gasteiger partial charge in [0, 0.05) is 30.6 Å². The van der Waals surface area contributed by atoms with E-state index in [0.29, 0.717) is 36.2 Å². The summed E-state index contributed by atoms with van der Waals surface area (Å²) in [5, 5.41) is 15.1. The highest BCUT2D eigenvalue weighted by Gasteiger charge is 2.23. The Labute approximate surface area is 216 Å². The molecule has 196 valence electrons. The summed E-state index contributed by atoms with van der Waals surface area (Å²) in [5.41, 5.74) is 3.60. The Morgan fingerprint density at radius 1 is 0.946 bits per heavy atom. The highest BCUT2D eigenvalue weighted by atomic mass is 32.2. The van der Waals surface area contributed by atoms with Crippen LogP contribution in [0.5, 0.6) is 0 Å². The predicted octanol–water partition coefficient (Wildman–Crippen LogP) is 3.75. The minimum absolute atomic E-state index is 0.150. The van der Waals surface area contributed by atoms with Gasteiger partial charge >= 0.3 is 6.09 Å². The smallest absolute Gasteiger partial charge is 0.404 e. The number of amides is 2. The number of carbonyl (C=O) groups excluding carboxylic acids is 1. The zero-order chi connectivity index (χ0) is 26.4. The van der Waals surface area contributed by atoms with Gasteiger partial charge in [0.1, 0.15) is 0 Å². The average molecular weight is 525 g/mol. The van der Waals surface area contributed by atoms with Gasteiger partial charge in [-0.3, -0.25) is 4.79 Å². The van der Waals surface area contributed by atoms with Crippen molar-refractivity contribution in [3.8, 4) is 11.3 Å². The predicted molar refractivity (Wildman–Crippen MR) is 143 cm³/mol. The van der Waals surface area contributed by atoms with Gasteiger partial charge in [0.2, 0.25) is 10.0 Å². The van der Waals surface area contributed by atoms with E-state index in [1.807, 2.05) is 48.5 Å². The lowest BCUT2D eigenvalue weighted by Gasteiger charge is -2.28. The normalized spacial score (nSPS) is 17.9. The van der Waals surface area contributed by atoms with Crippen LogP contribution >= 0.6 is 0 Å². The molecule has 0 spiro atoms. The second kappa shape index (κ2) is 11.7. The summed E-state index contributed by atoms with van der Waals surface area (Å²) in [5.74, 6) is 0.567. The summed E-state index contributed by atoms with van der Waals surface area (Å²) >= 11 is 0. The number of pyridine rings is 1. The molecule has 0 bridgehead atoms. The Hall–Kier alpha value is -3.50. The first kappa shape index (κ1) is 26.6. The van der Waals surface area contributed by atoms with Gasteiger partial charge in [-0.25, -0.2) is 22.9 Å². The van der Waals surface area contributed by atoms with Crippen LogP contribution in [0.25, 0.3) is 22.2 Å². The summed E-state index contributed by atoms with van der Waals surface area (Å²) in [6, 6.07) is 16.8. The van der Waals surface area contributed by atoms with E-state index < -0.39 is 16.1 Å². The molecule has 9 nitrogen and oxygen atoms in total. The third-order valence-corrected chi connectivity index (χ3v) is 7.48. The van der Waals surface area contributed by atoms with Crippen molar-refractivity contribution in [2.24, 2.45) is 11.8 Å². The zero-order valence-electron chi connectivity index (χ0n) is 20.7. The fraction of sp³-hybridized carbons (Fsp3) is 0.370. The monoisotopic (exact) mass is 524 g/mol. The number of nitrogens with zero attached hydrogens (tertiary/aromatic N) is 1. The summed E-state index contributed by atoms with van der Waals surface area (Å²) < 4.78 is 25.2. The number of aromatic nitrogens is 1. The molecular formula is C27H32N4O5S. The second-order valence-electron chi connectivity index (χ2n) is 9.65. The number of carboxylic acid groups (broad SMARTS) is 1. The van der Waals surface area contributed by atoms with Gasteiger partial charge in [0.05, 0.1) is 23.0 Å². The van der Waals surface area contributed by atoms with E-state index in [9.17, 15) is 18.0 Å². The number of sulfonamides is 1. The molecule has 1 aliphatic rings. The summed E-state index contributed by atoms with van der Waals surface area (Å²) in [6.07, 6.45) is 3.93. The van der Waals surface area contributed by atoms with Crippen molar-refractivity contribution in [1.29, 1.82) is 0 Å². The summed E-state index contributed by atoms with van der Waals surface area (Å²) in [7, 11) is -3.28. The molecule has 1 aromatic heterocycles. The molecule has 0 saturated heterocycles. The molecule has 4 rings (SSSR count). The van der Waals surface area contributed by atoms with Gasteiger partial charge in [0.15, 0.2) is 0 Å². The van der Waals surface area contributed by atoms with Gasteiger partial charge in [-0.1, -0.05) is 42.5 Å². The molecule has 4 N–H and O–H groups in total. The summed E-state index contributed by atoms with van der Waals surface area (Å²) in [4.78, 5) is 28.7. The van der Waals surface area contributed by atoms with E-state index in [2.05, 4.69) is 15.4 Å². The molecular weight excluding hydrogens is 492 g/mol. The van der Waals surface area contributed by atoms with Crippen molar-refractivity contribution < 1.29 is 23.1 Å². The largest absolute Gasteiger partial charge is 0.465 e. The van der Waals surface area contributed by atoms with Gasteiger partial charge in [-0.15, -0.1) is 0 Å². The first-order chi connectivity index (χ1) is 17.7. The van der Waals surface area contributed by atoms with Crippen LogP contribution in [-0.2, 0) is 16.6 Å². The van der Waals surface area contributed by atoms with E-state index in [-0.39, 0.29) is 12.5 Å². The Morgan fingerprint density at radius 2 is 1.57 bits per heavy atom. The lowest BCUT2D eigenvalue weighted by Crippen LogP contribution is -2.34. The van der Waals surface area contributed by atoms with Gasteiger partial charge < -0.3 is 15.7 Å². The van der Waals surface area contributed by atoms with Crippen LogP contribution in [0.15, 0.2) is 54.6 Å². The second-order valence-corrected chi connectivity index (χ2v) is 11.5. The topological polar surface area (TPSA) is 137 Å². The number of rotatable bonds is 9. The Kier molecular flexibility index (Phi) is 8.40. The molecule has 0 atom stereocenters. The fourth-order valence-electron chi connectivity index (χ4n) is 4.72. The summed E-state index contributed by atoms with van der Waals surface area (Å²) in [6.45, 7) is 1.26. The molecule has 1 heterocycles. The highest BCUT2D eigenvalue weighted by Crippen LogP contribution is 2.29. The molecule has 1 aliphatic carbocycles. The van der Waals surface area contributed by atoms with Crippen molar-refractivity contribution in [1.82, 2.24) is 20.3 Å². The molecule has 0 unspecified atom stereocenters. The Balaban J connectivity index is 1.45. The van der Waals surface area contributed by atoms with Gasteiger partial charge in [-0.05, 0) is 55.2 Å². The van der Waals surface area contributed by atoms with Crippen LogP contribution in [0, 0.1) is 11.8 Å². The number of benzene rings is 2. The molecule has 0 radical (unpaired) electrons. The quantitative estimate of drug-likeness (QED) is 0.336. The number of fused-ring (bicyclic) bond motifs is 1. The maximum atomic E-state index is 13.3. The van der Waals surface area contributed by atoms with Crippen LogP contribution in [-0.4, -0.2) is 49.9 Å². The number of hydrogen-bond acceptors (Lipinski definition) is 5. The van der Waals surface area contributed by atoms with Crippen molar-refractivity contribution in [2.75, 3.05) is 19.3 Å². The minimum Gasteiger partial charge on any atom is -0.465 e. The number of hydrogen-bond donors (Lipinski definition) is 4. The van der Waals surface area contributed by atoms with Crippen molar-refractivity contribution in [2.45, 2.75) is 32.2 Å². The third kappa shape index (κ3) is 7.50. The van der Waals surface area contributed by atoms with Crippen molar-refractivity contribution in [3.05, 3.63) is 65.7 Å². The first-order valence-corrected chi connectivity index (χ1v) is 14.3. The number of para-hydroxylation sites is 1. The van der Waals surface area contributed by atoms with Crippen LogP contribution < -0.4 is 15.4 Å². The van der Waals surface area contributed by atoms with Gasteiger partial charge in [-0.2, -0.15) is 0 Å². The molecule has 37 heavy (non-hydrogen) atoms. The molecule has 10 heteroatoms. The van der Waals surface area contributed by atoms with E-state index in [0.717, 1.165) is 54.0 Å². The standard InChI is InChI=1S/C27H32N4O5S/c1-37(35,36)30-17-20-10-12-21(13-11-20)25-14-23(22-4-2-3-5-24(22)31-25)26(32)28-15-18-6-8-19(9-7-18)16-29-27(33)34/h2-5,10-14,18-19,29-30H,6-9,15-17H2,1H3,(H,28,32)(H,33,34). The molecule has 2 aromatic carbocycles. The van der Waals surface area contributed by atoms with E-state index in [1.54, 1.807) is 6.07 Å². The van der Waals surface area contributed by atoms with Crippen LogP contribution in [0.4, 0.5) is 4.79 Å². The van der Waals surface area contributed by atoms with Gasteiger partial charge in [0.25, 0.3) is 5.91 Å². The molecule has 1 fully saturated rings. The van der Waals surface area contributed by atoms with Crippen molar-refractivity contribution in [3.63, 3.8) is 0 Å². The molecule has 3 aromatic rings. The van der Waals surface area contributed by atoms with Crippen molar-refractivity contribution >= 4 is 32.9 Å². The fourth-order valence-corrected chi connectivity index (χ4v) is 5.15. The maximum absolute atomic E-state index is 13.3. The Morgan fingerprint density at radius 3 is 2.19 bits per heavy atom. The average Bonchev–Trinajstić information content (AvgIpc) is 2.89. The van der Waals surface area contributed by atoms with E-state index in [1.165, 1.54) is 0 Å². The van der Waals surface area contributed by atoms with Crippen LogP contribution in [0.2, 0.25) is 0 Å². The maximum Gasteiger partial charge on any atom is 0.404 e. The van der Waals surface area contributed by atoms with Crippen LogP contribution in [0.1, 0.15) is 41.6 Å². The number of nitrogens with one attached hydrogen (secondary N) is 3. The Bertz CT molecular complexity index is 1370.